The number of anilines is 1. The first-order valence-electron chi connectivity index (χ1n) is 9.90. The van der Waals surface area contributed by atoms with Crippen LogP contribution in [0.25, 0.3) is 5.69 Å². The molecule has 4 rings (SSSR count). The molecule has 1 N–H and O–H groups in total. The Morgan fingerprint density at radius 2 is 1.59 bits per heavy atom. The van der Waals surface area contributed by atoms with Crippen molar-refractivity contribution in [3.05, 3.63) is 116 Å². The van der Waals surface area contributed by atoms with Crippen molar-refractivity contribution >= 4 is 35.0 Å². The van der Waals surface area contributed by atoms with Crippen LogP contribution in [0.15, 0.2) is 89.9 Å². The molecule has 0 aliphatic heterocycles. The zero-order valence-corrected chi connectivity index (χ0v) is 17.4. The zero-order valence-electron chi connectivity index (χ0n) is 17.4. The molecule has 1 aromatic heterocycles. The average molecular weight is 456 g/mol. The van der Waals surface area contributed by atoms with Gasteiger partial charge in [0.05, 0.1) is 15.5 Å². The fraction of sp³-hybridized carbons (Fsp3) is 0. The van der Waals surface area contributed by atoms with E-state index in [0.717, 1.165) is 0 Å². The number of aliphatic imine (C=N–C) groups is 1. The van der Waals surface area contributed by atoms with Crippen LogP contribution in [0.1, 0.15) is 16.1 Å². The maximum atomic E-state index is 12.8. The summed E-state index contributed by atoms with van der Waals surface area (Å²) in [6, 6.07) is 21.9. The van der Waals surface area contributed by atoms with E-state index in [9.17, 15) is 25.0 Å². The van der Waals surface area contributed by atoms with Gasteiger partial charge in [-0.15, -0.1) is 0 Å². The second-order valence-corrected chi connectivity index (χ2v) is 7.00. The van der Waals surface area contributed by atoms with Crippen molar-refractivity contribution < 1.29 is 14.6 Å². The Morgan fingerprint density at radius 1 is 0.882 bits per heavy atom. The number of benzene rings is 3. The van der Waals surface area contributed by atoms with Crippen LogP contribution in [-0.2, 0) is 0 Å². The first kappa shape index (κ1) is 22.0. The third-order valence-corrected chi connectivity index (χ3v) is 4.69. The molecule has 1 amide bonds. The average Bonchev–Trinajstić information content (AvgIpc) is 3.28. The third kappa shape index (κ3) is 4.99. The highest BCUT2D eigenvalue weighted by atomic mass is 16.6. The van der Waals surface area contributed by atoms with Gasteiger partial charge in [-0.05, 0) is 29.8 Å². The van der Waals surface area contributed by atoms with Crippen molar-refractivity contribution in [2.24, 2.45) is 4.99 Å². The Kier molecular flexibility index (Phi) is 6.17. The first-order valence-corrected chi connectivity index (χ1v) is 9.90. The van der Waals surface area contributed by atoms with E-state index in [4.69, 9.17) is 0 Å². The highest BCUT2D eigenvalue weighted by Gasteiger charge is 2.16. The highest BCUT2D eigenvalue weighted by Crippen LogP contribution is 2.22. The fourth-order valence-corrected chi connectivity index (χ4v) is 3.05. The summed E-state index contributed by atoms with van der Waals surface area (Å²) in [6.07, 6.45) is 1.45. The standard InChI is InChI=1S/C23H16N6O5/c30-23(25-17-9-11-19(12-10-17)28(31)32)21-14-22(27(26-21)18-6-2-1-3-7-18)24-15-16-5-4-8-20(13-16)29(33)34/h1-15H,(H,25,30)/b24-15+. The van der Waals surface area contributed by atoms with Gasteiger partial charge in [0.25, 0.3) is 17.3 Å². The first-order chi connectivity index (χ1) is 16.4. The van der Waals surface area contributed by atoms with Gasteiger partial charge in [-0.25, -0.2) is 9.67 Å². The zero-order chi connectivity index (χ0) is 24.1. The molecule has 0 atom stereocenters. The van der Waals surface area contributed by atoms with E-state index in [-0.39, 0.29) is 17.1 Å². The summed E-state index contributed by atoms with van der Waals surface area (Å²) >= 11 is 0. The lowest BCUT2D eigenvalue weighted by Crippen LogP contribution is -2.13. The SMILES string of the molecule is O=C(Nc1ccc([N+](=O)[O-])cc1)c1cc(/N=C/c2cccc([N+](=O)[O-])c2)n(-c2ccccc2)n1. The van der Waals surface area contributed by atoms with Gasteiger partial charge in [0, 0.05) is 42.2 Å². The number of carbonyl (C=O) groups is 1. The molecule has 0 fully saturated rings. The molecule has 0 bridgehead atoms. The van der Waals surface area contributed by atoms with Crippen LogP contribution >= 0.6 is 0 Å². The second kappa shape index (κ2) is 9.53. The van der Waals surface area contributed by atoms with Crippen molar-refractivity contribution in [1.29, 1.82) is 0 Å². The smallest absolute Gasteiger partial charge is 0.276 e. The molecular weight excluding hydrogens is 440 g/mol. The minimum absolute atomic E-state index is 0.0633. The van der Waals surface area contributed by atoms with Gasteiger partial charge in [-0.2, -0.15) is 5.10 Å². The van der Waals surface area contributed by atoms with Crippen LogP contribution < -0.4 is 5.32 Å². The minimum atomic E-state index is -0.532. The van der Waals surface area contributed by atoms with Crippen molar-refractivity contribution in [3.63, 3.8) is 0 Å². The van der Waals surface area contributed by atoms with Gasteiger partial charge in [0.1, 0.15) is 0 Å². The Balaban J connectivity index is 1.64. The number of nitro benzene ring substituents is 2. The van der Waals surface area contributed by atoms with Gasteiger partial charge >= 0.3 is 0 Å². The summed E-state index contributed by atoms with van der Waals surface area (Å²) in [5.74, 6) is -0.207. The van der Waals surface area contributed by atoms with E-state index in [1.165, 1.54) is 53.4 Å². The third-order valence-electron chi connectivity index (χ3n) is 4.69. The number of nitrogens with one attached hydrogen (secondary N) is 1. The summed E-state index contributed by atoms with van der Waals surface area (Å²) in [5.41, 5.74) is 1.43. The summed E-state index contributed by atoms with van der Waals surface area (Å²) < 4.78 is 1.47. The lowest BCUT2D eigenvalue weighted by molar-refractivity contribution is -0.385. The maximum Gasteiger partial charge on any atom is 0.276 e. The maximum absolute atomic E-state index is 12.8. The molecule has 0 aliphatic rings. The number of hydrogen-bond donors (Lipinski definition) is 1. The highest BCUT2D eigenvalue weighted by molar-refractivity contribution is 6.03. The lowest BCUT2D eigenvalue weighted by atomic mass is 10.2. The number of nitro groups is 2. The van der Waals surface area contributed by atoms with E-state index >= 15 is 0 Å². The van der Waals surface area contributed by atoms with Crippen LogP contribution in [0.3, 0.4) is 0 Å². The Hall–Kier alpha value is -5.19. The molecule has 0 saturated heterocycles. The van der Waals surface area contributed by atoms with Gasteiger partial charge < -0.3 is 5.32 Å². The number of hydrogen-bond acceptors (Lipinski definition) is 7. The number of carbonyl (C=O) groups excluding carboxylic acids is 1. The molecule has 0 unspecified atom stereocenters. The van der Waals surface area contributed by atoms with Gasteiger partial charge in [-0.3, -0.25) is 25.0 Å². The number of para-hydroxylation sites is 1. The Labute approximate surface area is 192 Å². The number of non-ortho nitro benzene ring substituents is 2. The normalized spacial score (nSPS) is 10.8. The van der Waals surface area contributed by atoms with Crippen molar-refractivity contribution in [3.8, 4) is 5.69 Å². The van der Waals surface area contributed by atoms with E-state index in [1.807, 2.05) is 18.2 Å². The lowest BCUT2D eigenvalue weighted by Gasteiger charge is -2.04. The molecule has 1 heterocycles. The number of nitrogens with zero attached hydrogens (tertiary/aromatic N) is 5. The van der Waals surface area contributed by atoms with Crippen LogP contribution in [0.2, 0.25) is 0 Å². The predicted molar refractivity (Wildman–Crippen MR) is 125 cm³/mol. The van der Waals surface area contributed by atoms with Crippen LogP contribution in [0.5, 0.6) is 0 Å². The summed E-state index contributed by atoms with van der Waals surface area (Å²) in [5, 5.41) is 28.8. The number of aromatic nitrogens is 2. The van der Waals surface area contributed by atoms with Crippen LogP contribution in [-0.4, -0.2) is 31.7 Å². The van der Waals surface area contributed by atoms with Crippen molar-refractivity contribution in [2.75, 3.05) is 5.32 Å². The van der Waals surface area contributed by atoms with Gasteiger partial charge in [0.15, 0.2) is 11.5 Å². The van der Waals surface area contributed by atoms with E-state index < -0.39 is 15.8 Å². The van der Waals surface area contributed by atoms with Crippen LogP contribution in [0, 0.1) is 20.2 Å². The summed E-state index contributed by atoms with van der Waals surface area (Å²) in [7, 11) is 0. The van der Waals surface area contributed by atoms with E-state index in [1.54, 1.807) is 24.3 Å². The largest absolute Gasteiger partial charge is 0.321 e. The molecule has 168 valence electrons. The molecule has 0 radical (unpaired) electrons. The van der Waals surface area contributed by atoms with Crippen molar-refractivity contribution in [1.82, 2.24) is 9.78 Å². The minimum Gasteiger partial charge on any atom is -0.321 e. The predicted octanol–water partition coefficient (Wildman–Crippen LogP) is 4.69. The molecule has 0 saturated carbocycles. The van der Waals surface area contributed by atoms with Crippen LogP contribution in [0.4, 0.5) is 22.9 Å². The molecular formula is C23H16N6O5. The Bertz CT molecular complexity index is 1400. The van der Waals surface area contributed by atoms with E-state index in [2.05, 4.69) is 15.4 Å². The fourth-order valence-electron chi connectivity index (χ4n) is 3.05. The number of rotatable bonds is 7. The van der Waals surface area contributed by atoms with Gasteiger partial charge in [0.2, 0.25) is 0 Å². The molecule has 3 aromatic carbocycles. The Morgan fingerprint density at radius 3 is 2.26 bits per heavy atom. The van der Waals surface area contributed by atoms with Gasteiger partial charge in [-0.1, -0.05) is 30.3 Å². The monoisotopic (exact) mass is 456 g/mol. The number of amides is 1. The summed E-state index contributed by atoms with van der Waals surface area (Å²) in [6.45, 7) is 0. The molecule has 11 heteroatoms. The molecule has 11 nitrogen and oxygen atoms in total. The topological polar surface area (TPSA) is 146 Å². The second-order valence-electron chi connectivity index (χ2n) is 7.00. The molecule has 4 aromatic rings. The molecule has 34 heavy (non-hydrogen) atoms. The van der Waals surface area contributed by atoms with E-state index in [0.29, 0.717) is 22.8 Å². The quantitative estimate of drug-likeness (QED) is 0.242. The summed E-state index contributed by atoms with van der Waals surface area (Å²) in [4.78, 5) is 38.0. The van der Waals surface area contributed by atoms with Crippen molar-refractivity contribution in [2.45, 2.75) is 0 Å². The molecule has 0 aliphatic carbocycles. The molecule has 0 spiro atoms.